The molecule has 4 nitrogen and oxygen atoms in total. The molecule has 0 aliphatic carbocycles. The van der Waals surface area contributed by atoms with Gasteiger partial charge in [-0.05, 0) is 43.0 Å². The van der Waals surface area contributed by atoms with Crippen LogP contribution >= 0.6 is 0 Å². The van der Waals surface area contributed by atoms with Gasteiger partial charge in [0.2, 0.25) is 0 Å². The van der Waals surface area contributed by atoms with Gasteiger partial charge in [0.1, 0.15) is 5.75 Å². The molecule has 1 aliphatic rings. The van der Waals surface area contributed by atoms with Crippen molar-refractivity contribution in [2.75, 3.05) is 39.6 Å². The number of benzene rings is 1. The molecule has 1 unspecified atom stereocenters. The van der Waals surface area contributed by atoms with Crippen molar-refractivity contribution in [3.05, 3.63) is 23.8 Å². The van der Waals surface area contributed by atoms with Gasteiger partial charge in [0.25, 0.3) is 0 Å². The van der Waals surface area contributed by atoms with Gasteiger partial charge in [-0.3, -0.25) is 4.90 Å². The number of anilines is 1. The first kappa shape index (κ1) is 14.2. The number of likely N-dealkylation sites (tertiary alicyclic amines) is 1. The van der Waals surface area contributed by atoms with Crippen molar-refractivity contribution < 1.29 is 9.47 Å². The molecular formula is C15H24N2O2. The van der Waals surface area contributed by atoms with Crippen LogP contribution < -0.4 is 10.5 Å². The maximum Gasteiger partial charge on any atom is 0.121 e. The number of piperidine rings is 1. The average Bonchev–Trinajstić information content (AvgIpc) is 2.39. The molecule has 1 heterocycles. The molecule has 0 bridgehead atoms. The van der Waals surface area contributed by atoms with Crippen LogP contribution in [0.3, 0.4) is 0 Å². The second kappa shape index (κ2) is 6.78. The van der Waals surface area contributed by atoms with E-state index < -0.39 is 0 Å². The predicted octanol–water partition coefficient (Wildman–Crippen LogP) is 2.14. The van der Waals surface area contributed by atoms with Gasteiger partial charge >= 0.3 is 0 Å². The Hall–Kier alpha value is -1.26. The number of ether oxygens (including phenoxy) is 2. The largest absolute Gasteiger partial charge is 0.497 e. The summed E-state index contributed by atoms with van der Waals surface area (Å²) >= 11 is 0. The predicted molar refractivity (Wildman–Crippen MR) is 77.3 cm³/mol. The Morgan fingerprint density at radius 1 is 1.32 bits per heavy atom. The van der Waals surface area contributed by atoms with Crippen molar-refractivity contribution in [3.8, 4) is 5.75 Å². The molecule has 1 aromatic rings. The van der Waals surface area contributed by atoms with E-state index in [1.807, 2.05) is 12.1 Å². The van der Waals surface area contributed by atoms with Crippen LogP contribution in [0.5, 0.6) is 5.75 Å². The summed E-state index contributed by atoms with van der Waals surface area (Å²) in [5.74, 6) is 1.49. The summed E-state index contributed by atoms with van der Waals surface area (Å²) < 4.78 is 10.5. The number of rotatable bonds is 5. The summed E-state index contributed by atoms with van der Waals surface area (Å²) in [7, 11) is 3.45. The lowest BCUT2D eigenvalue weighted by molar-refractivity contribution is 0.0873. The summed E-state index contributed by atoms with van der Waals surface area (Å²) in [6.45, 7) is 4.04. The molecule has 1 fully saturated rings. The molecule has 0 spiro atoms. The number of nitrogens with zero attached hydrogens (tertiary/aromatic N) is 1. The lowest BCUT2D eigenvalue weighted by Crippen LogP contribution is -2.36. The molecule has 2 N–H and O–H groups in total. The third-order valence-corrected chi connectivity index (χ3v) is 3.64. The van der Waals surface area contributed by atoms with Crippen LogP contribution in [0.4, 0.5) is 5.69 Å². The molecule has 1 aromatic carbocycles. The monoisotopic (exact) mass is 264 g/mol. The number of nitrogens with two attached hydrogens (primary N) is 1. The highest BCUT2D eigenvalue weighted by atomic mass is 16.5. The molecule has 0 aromatic heterocycles. The Bertz CT molecular complexity index is 407. The smallest absolute Gasteiger partial charge is 0.121 e. The van der Waals surface area contributed by atoms with E-state index in [1.54, 1.807) is 14.2 Å². The molecule has 0 radical (unpaired) electrons. The third-order valence-electron chi connectivity index (χ3n) is 3.64. The average molecular weight is 264 g/mol. The first-order valence-corrected chi connectivity index (χ1v) is 6.86. The Kier molecular flexibility index (Phi) is 5.05. The van der Waals surface area contributed by atoms with Crippen LogP contribution in [0.1, 0.15) is 18.4 Å². The van der Waals surface area contributed by atoms with Gasteiger partial charge in [-0.25, -0.2) is 0 Å². The van der Waals surface area contributed by atoms with E-state index in [0.29, 0.717) is 5.92 Å². The van der Waals surface area contributed by atoms with Crippen LogP contribution in [-0.4, -0.2) is 38.8 Å². The molecule has 1 aliphatic heterocycles. The zero-order chi connectivity index (χ0) is 13.7. The minimum atomic E-state index is 0.654. The van der Waals surface area contributed by atoms with E-state index in [1.165, 1.54) is 18.4 Å². The van der Waals surface area contributed by atoms with E-state index in [0.717, 1.165) is 37.7 Å². The quantitative estimate of drug-likeness (QED) is 0.828. The zero-order valence-electron chi connectivity index (χ0n) is 11.9. The summed E-state index contributed by atoms with van der Waals surface area (Å²) in [5, 5.41) is 0. The van der Waals surface area contributed by atoms with Gasteiger partial charge in [0.05, 0.1) is 13.7 Å². The van der Waals surface area contributed by atoms with Gasteiger partial charge < -0.3 is 15.2 Å². The highest BCUT2D eigenvalue weighted by molar-refractivity contribution is 5.47. The van der Waals surface area contributed by atoms with Gasteiger partial charge in [0.15, 0.2) is 0 Å². The molecule has 19 heavy (non-hydrogen) atoms. The Morgan fingerprint density at radius 3 is 2.89 bits per heavy atom. The molecule has 4 heteroatoms. The SMILES string of the molecule is COCC1CCCN(Cc2cc(N)cc(OC)c2)C1. The van der Waals surface area contributed by atoms with Gasteiger partial charge in [-0.2, -0.15) is 0 Å². The number of hydrogen-bond donors (Lipinski definition) is 1. The van der Waals surface area contributed by atoms with E-state index >= 15 is 0 Å². The number of methoxy groups -OCH3 is 2. The molecular weight excluding hydrogens is 240 g/mol. The fourth-order valence-corrected chi connectivity index (χ4v) is 2.82. The summed E-state index contributed by atoms with van der Waals surface area (Å²) in [6.07, 6.45) is 2.51. The highest BCUT2D eigenvalue weighted by Crippen LogP contribution is 2.22. The molecule has 2 rings (SSSR count). The van der Waals surface area contributed by atoms with Crippen LogP contribution in [0.15, 0.2) is 18.2 Å². The van der Waals surface area contributed by atoms with Crippen LogP contribution in [0, 0.1) is 5.92 Å². The lowest BCUT2D eigenvalue weighted by atomic mass is 9.98. The molecule has 106 valence electrons. The van der Waals surface area contributed by atoms with Crippen molar-refractivity contribution in [2.45, 2.75) is 19.4 Å². The fraction of sp³-hybridized carbons (Fsp3) is 0.600. The number of hydrogen-bond acceptors (Lipinski definition) is 4. The topological polar surface area (TPSA) is 47.7 Å². The van der Waals surface area contributed by atoms with Crippen molar-refractivity contribution in [2.24, 2.45) is 5.92 Å². The van der Waals surface area contributed by atoms with E-state index in [4.69, 9.17) is 15.2 Å². The minimum absolute atomic E-state index is 0.654. The lowest BCUT2D eigenvalue weighted by Gasteiger charge is -2.32. The van der Waals surface area contributed by atoms with Crippen molar-refractivity contribution >= 4 is 5.69 Å². The Balaban J connectivity index is 1.98. The van der Waals surface area contributed by atoms with Crippen LogP contribution in [0.25, 0.3) is 0 Å². The second-order valence-electron chi connectivity index (χ2n) is 5.31. The molecule has 1 saturated heterocycles. The van der Waals surface area contributed by atoms with Crippen molar-refractivity contribution in [1.82, 2.24) is 4.90 Å². The fourth-order valence-electron chi connectivity index (χ4n) is 2.82. The van der Waals surface area contributed by atoms with Gasteiger partial charge in [0, 0.05) is 32.0 Å². The maximum absolute atomic E-state index is 5.90. The Morgan fingerprint density at radius 2 is 2.16 bits per heavy atom. The van der Waals surface area contributed by atoms with Crippen LogP contribution in [-0.2, 0) is 11.3 Å². The number of nitrogen functional groups attached to an aromatic ring is 1. The first-order chi connectivity index (χ1) is 9.21. The van der Waals surface area contributed by atoms with Crippen molar-refractivity contribution in [3.63, 3.8) is 0 Å². The van der Waals surface area contributed by atoms with Crippen LogP contribution in [0.2, 0.25) is 0 Å². The third kappa shape index (κ3) is 4.11. The molecule has 0 amide bonds. The van der Waals surface area contributed by atoms with Gasteiger partial charge in [-0.15, -0.1) is 0 Å². The zero-order valence-corrected chi connectivity index (χ0v) is 11.9. The summed E-state index contributed by atoms with van der Waals surface area (Å²) in [6, 6.07) is 5.95. The minimum Gasteiger partial charge on any atom is -0.497 e. The first-order valence-electron chi connectivity index (χ1n) is 6.86. The molecule has 0 saturated carbocycles. The normalized spacial score (nSPS) is 20.4. The highest BCUT2D eigenvalue weighted by Gasteiger charge is 2.19. The maximum atomic E-state index is 5.90. The van der Waals surface area contributed by atoms with E-state index in [9.17, 15) is 0 Å². The van der Waals surface area contributed by atoms with E-state index in [2.05, 4.69) is 11.0 Å². The Labute approximate surface area is 115 Å². The second-order valence-corrected chi connectivity index (χ2v) is 5.31. The standard InChI is InChI=1S/C15H24N2O2/c1-18-11-12-4-3-5-17(9-12)10-13-6-14(16)8-15(7-13)19-2/h6-8,12H,3-5,9-11,16H2,1-2H3. The van der Waals surface area contributed by atoms with E-state index in [-0.39, 0.29) is 0 Å². The molecule has 1 atom stereocenters. The van der Waals surface area contributed by atoms with Gasteiger partial charge in [-0.1, -0.05) is 0 Å². The summed E-state index contributed by atoms with van der Waals surface area (Å²) in [5.41, 5.74) is 7.88. The van der Waals surface area contributed by atoms with Crippen molar-refractivity contribution in [1.29, 1.82) is 0 Å². The summed E-state index contributed by atoms with van der Waals surface area (Å²) in [4.78, 5) is 2.47.